The first-order valence-corrected chi connectivity index (χ1v) is 9.16. The molecule has 1 amide bonds. The van der Waals surface area contributed by atoms with Crippen LogP contribution >= 0.6 is 0 Å². The van der Waals surface area contributed by atoms with Crippen LogP contribution < -0.4 is 34.3 Å². The van der Waals surface area contributed by atoms with E-state index in [9.17, 15) is 4.79 Å². The highest BCUT2D eigenvalue weighted by Crippen LogP contribution is 2.50. The fourth-order valence-corrected chi connectivity index (χ4v) is 4.15. The first-order chi connectivity index (χ1) is 14.1. The molecule has 1 atom stereocenters. The van der Waals surface area contributed by atoms with Crippen LogP contribution in [-0.4, -0.2) is 40.6 Å². The van der Waals surface area contributed by atoms with Gasteiger partial charge in [-0.15, -0.1) is 0 Å². The molecule has 150 valence electrons. The van der Waals surface area contributed by atoms with Gasteiger partial charge in [0.05, 0.1) is 27.9 Å². The molecule has 8 nitrogen and oxygen atoms in total. The Morgan fingerprint density at radius 3 is 2.31 bits per heavy atom. The first-order valence-electron chi connectivity index (χ1n) is 9.16. The molecular weight excluding hydrogens is 376 g/mol. The summed E-state index contributed by atoms with van der Waals surface area (Å²) < 4.78 is 27.6. The minimum Gasteiger partial charge on any atom is -0.493 e. The molecule has 0 saturated heterocycles. The Kier molecular flexibility index (Phi) is 3.94. The van der Waals surface area contributed by atoms with E-state index < -0.39 is 0 Å². The SMILES string of the molecule is COc1cc(C2C3=C(CNC3=O)Nc3cc4c(cc32)OCO4)cc(OC)c1OC. The average Bonchev–Trinajstić information content (AvgIpc) is 3.35. The van der Waals surface area contributed by atoms with Crippen molar-refractivity contribution in [2.24, 2.45) is 0 Å². The van der Waals surface area contributed by atoms with E-state index in [-0.39, 0.29) is 18.6 Å². The van der Waals surface area contributed by atoms with Gasteiger partial charge in [-0.3, -0.25) is 4.79 Å². The third-order valence-electron chi connectivity index (χ3n) is 5.45. The Morgan fingerprint density at radius 1 is 0.966 bits per heavy atom. The van der Waals surface area contributed by atoms with Crippen LogP contribution in [0.3, 0.4) is 0 Å². The van der Waals surface area contributed by atoms with Crippen LogP contribution in [0.4, 0.5) is 5.69 Å². The number of hydrogen-bond donors (Lipinski definition) is 2. The minimum absolute atomic E-state index is 0.102. The highest BCUT2D eigenvalue weighted by Gasteiger charge is 2.39. The van der Waals surface area contributed by atoms with Crippen molar-refractivity contribution in [3.8, 4) is 28.7 Å². The molecule has 2 N–H and O–H groups in total. The van der Waals surface area contributed by atoms with Crippen LogP contribution in [-0.2, 0) is 4.79 Å². The van der Waals surface area contributed by atoms with Gasteiger partial charge in [-0.25, -0.2) is 0 Å². The number of ether oxygens (including phenoxy) is 5. The Labute approximate surface area is 167 Å². The lowest BCUT2D eigenvalue weighted by Crippen LogP contribution is -2.22. The number of benzene rings is 2. The van der Waals surface area contributed by atoms with Crippen molar-refractivity contribution in [1.82, 2.24) is 5.32 Å². The molecule has 8 heteroatoms. The summed E-state index contributed by atoms with van der Waals surface area (Å²) in [7, 11) is 4.70. The van der Waals surface area contributed by atoms with E-state index in [2.05, 4.69) is 10.6 Å². The molecule has 0 bridgehead atoms. The van der Waals surface area contributed by atoms with Gasteiger partial charge in [0.25, 0.3) is 0 Å². The standard InChI is InChI=1S/C21H20N2O6/c1-25-16-4-10(5-17(26-2)20(16)27-3)18-11-6-14-15(29-9-28-14)7-12(11)23-13-8-22-21(24)19(13)18/h4-7,18,23H,8-9H2,1-3H3,(H,22,24). The topological polar surface area (TPSA) is 87.3 Å². The smallest absolute Gasteiger partial charge is 0.250 e. The summed E-state index contributed by atoms with van der Waals surface area (Å²) in [5, 5.41) is 6.28. The molecule has 1 unspecified atom stereocenters. The number of rotatable bonds is 4. The highest BCUT2D eigenvalue weighted by atomic mass is 16.7. The quantitative estimate of drug-likeness (QED) is 0.821. The number of carbonyl (C=O) groups is 1. The fourth-order valence-electron chi connectivity index (χ4n) is 4.15. The lowest BCUT2D eigenvalue weighted by Gasteiger charge is -2.29. The molecule has 3 aliphatic heterocycles. The summed E-state index contributed by atoms with van der Waals surface area (Å²) >= 11 is 0. The Morgan fingerprint density at radius 2 is 1.66 bits per heavy atom. The Bertz CT molecular complexity index is 1040. The molecular formula is C21H20N2O6. The van der Waals surface area contributed by atoms with Crippen molar-refractivity contribution in [2.75, 3.05) is 40.0 Å². The molecule has 2 aromatic carbocycles. The van der Waals surface area contributed by atoms with Gasteiger partial charge in [-0.2, -0.15) is 0 Å². The molecule has 0 radical (unpaired) electrons. The maximum atomic E-state index is 12.7. The predicted molar refractivity (Wildman–Crippen MR) is 104 cm³/mol. The van der Waals surface area contributed by atoms with Crippen LogP contribution in [0.1, 0.15) is 17.0 Å². The highest BCUT2D eigenvalue weighted by molar-refractivity contribution is 6.01. The molecule has 2 aromatic rings. The Balaban J connectivity index is 1.74. The number of nitrogens with one attached hydrogen (secondary N) is 2. The van der Waals surface area contributed by atoms with Gasteiger partial charge < -0.3 is 34.3 Å². The van der Waals surface area contributed by atoms with Gasteiger partial charge in [0.15, 0.2) is 23.0 Å². The molecule has 29 heavy (non-hydrogen) atoms. The van der Waals surface area contributed by atoms with Crippen LogP contribution in [0.25, 0.3) is 0 Å². The molecule has 0 aliphatic carbocycles. The third-order valence-corrected chi connectivity index (χ3v) is 5.45. The zero-order valence-corrected chi connectivity index (χ0v) is 16.3. The molecule has 3 heterocycles. The van der Waals surface area contributed by atoms with Crippen molar-refractivity contribution >= 4 is 11.6 Å². The second-order valence-corrected chi connectivity index (χ2v) is 6.88. The van der Waals surface area contributed by atoms with E-state index in [0.29, 0.717) is 40.9 Å². The molecule has 0 fully saturated rings. The van der Waals surface area contributed by atoms with E-state index in [1.807, 2.05) is 24.3 Å². The number of fused-ring (bicyclic) bond motifs is 2. The summed E-state index contributed by atoms with van der Waals surface area (Å²) in [5.74, 6) is 2.48. The van der Waals surface area contributed by atoms with Gasteiger partial charge in [0, 0.05) is 28.9 Å². The molecule has 5 rings (SSSR count). The van der Waals surface area contributed by atoms with Gasteiger partial charge >= 0.3 is 0 Å². The van der Waals surface area contributed by atoms with Crippen molar-refractivity contribution in [2.45, 2.75) is 5.92 Å². The molecule has 0 aromatic heterocycles. The summed E-state index contributed by atoms with van der Waals surface area (Å²) in [5.41, 5.74) is 4.17. The number of anilines is 1. The monoisotopic (exact) mass is 396 g/mol. The predicted octanol–water partition coefficient (Wildman–Crippen LogP) is 2.38. The van der Waals surface area contributed by atoms with Crippen molar-refractivity contribution in [1.29, 1.82) is 0 Å². The van der Waals surface area contributed by atoms with Gasteiger partial charge in [0.2, 0.25) is 18.4 Å². The van der Waals surface area contributed by atoms with Crippen LogP contribution in [0.2, 0.25) is 0 Å². The van der Waals surface area contributed by atoms with E-state index >= 15 is 0 Å². The number of amides is 1. The van der Waals surface area contributed by atoms with Crippen LogP contribution in [0.15, 0.2) is 35.5 Å². The van der Waals surface area contributed by atoms with Gasteiger partial charge in [0.1, 0.15) is 0 Å². The summed E-state index contributed by atoms with van der Waals surface area (Å²) in [6.45, 7) is 0.629. The second kappa shape index (κ2) is 6.51. The van der Waals surface area contributed by atoms with E-state index in [1.54, 1.807) is 21.3 Å². The summed E-state index contributed by atoms with van der Waals surface area (Å²) in [4.78, 5) is 12.7. The van der Waals surface area contributed by atoms with Gasteiger partial charge in [-0.1, -0.05) is 0 Å². The van der Waals surface area contributed by atoms with E-state index in [0.717, 1.165) is 22.5 Å². The van der Waals surface area contributed by atoms with Crippen molar-refractivity contribution in [3.05, 3.63) is 46.7 Å². The number of methoxy groups -OCH3 is 3. The van der Waals surface area contributed by atoms with Crippen LogP contribution in [0, 0.1) is 0 Å². The number of hydrogen-bond acceptors (Lipinski definition) is 7. The van der Waals surface area contributed by atoms with Crippen LogP contribution in [0.5, 0.6) is 28.7 Å². The lowest BCUT2D eigenvalue weighted by molar-refractivity contribution is -0.116. The fraction of sp³-hybridized carbons (Fsp3) is 0.286. The lowest BCUT2D eigenvalue weighted by atomic mass is 9.80. The maximum absolute atomic E-state index is 12.7. The second-order valence-electron chi connectivity index (χ2n) is 6.88. The largest absolute Gasteiger partial charge is 0.493 e. The third kappa shape index (κ3) is 2.55. The number of carbonyl (C=O) groups excluding carboxylic acids is 1. The van der Waals surface area contributed by atoms with Gasteiger partial charge in [-0.05, 0) is 29.3 Å². The summed E-state index contributed by atoms with van der Waals surface area (Å²) in [6, 6.07) is 7.59. The van der Waals surface area contributed by atoms with E-state index in [1.165, 1.54) is 0 Å². The van der Waals surface area contributed by atoms with E-state index in [4.69, 9.17) is 23.7 Å². The summed E-state index contributed by atoms with van der Waals surface area (Å²) in [6.07, 6.45) is 0. The normalized spacial score (nSPS) is 18.6. The first kappa shape index (κ1) is 17.5. The molecule has 0 spiro atoms. The Hall–Kier alpha value is -3.55. The maximum Gasteiger partial charge on any atom is 0.250 e. The zero-order chi connectivity index (χ0) is 20.1. The molecule has 3 aliphatic rings. The van der Waals surface area contributed by atoms with Crippen molar-refractivity contribution in [3.63, 3.8) is 0 Å². The zero-order valence-electron chi connectivity index (χ0n) is 16.3. The minimum atomic E-state index is -0.327. The van der Waals surface area contributed by atoms with Crippen molar-refractivity contribution < 1.29 is 28.5 Å². The average molecular weight is 396 g/mol. The molecule has 0 saturated carbocycles.